The summed E-state index contributed by atoms with van der Waals surface area (Å²) in [5.41, 5.74) is 0.360. The lowest BCUT2D eigenvalue weighted by Gasteiger charge is -2.44. The molecule has 0 aromatic heterocycles. The van der Waals surface area contributed by atoms with Crippen LogP contribution in [0.25, 0.3) is 0 Å². The molecule has 0 bridgehead atoms. The van der Waals surface area contributed by atoms with Crippen molar-refractivity contribution < 1.29 is 14.3 Å². The van der Waals surface area contributed by atoms with E-state index in [1.807, 2.05) is 0 Å². The van der Waals surface area contributed by atoms with E-state index in [0.29, 0.717) is 30.1 Å². The minimum atomic E-state index is -0.123. The van der Waals surface area contributed by atoms with Crippen LogP contribution in [0.15, 0.2) is 12.7 Å². The molecule has 2 aliphatic rings. The number of allylic oxidation sites excluding steroid dienone is 1. The van der Waals surface area contributed by atoms with Crippen LogP contribution in [0.2, 0.25) is 0 Å². The lowest BCUT2D eigenvalue weighted by Crippen LogP contribution is -2.35. The molecule has 2 saturated carbocycles. The van der Waals surface area contributed by atoms with Gasteiger partial charge in [0.1, 0.15) is 5.78 Å². The molecule has 2 aliphatic carbocycles. The van der Waals surface area contributed by atoms with Gasteiger partial charge in [0.2, 0.25) is 0 Å². The molecule has 0 aromatic carbocycles. The Morgan fingerprint density at radius 2 is 1.82 bits per heavy atom. The van der Waals surface area contributed by atoms with E-state index in [1.165, 1.54) is 38.5 Å². The second-order valence-electron chi connectivity index (χ2n) is 11.1. The van der Waals surface area contributed by atoms with Gasteiger partial charge >= 0.3 is 5.97 Å². The van der Waals surface area contributed by atoms with Crippen LogP contribution in [0.4, 0.5) is 0 Å². The first-order valence-electron chi connectivity index (χ1n) is 14.4. The zero-order valence-corrected chi connectivity index (χ0v) is 24.3. The molecule has 0 N–H and O–H groups in total. The van der Waals surface area contributed by atoms with E-state index in [-0.39, 0.29) is 11.4 Å². The van der Waals surface area contributed by atoms with Crippen LogP contribution < -0.4 is 0 Å². The molecule has 6 atom stereocenters. The number of Topliss-reactive ketones (excluding diaryl/α,β-unsaturated/α-hetero) is 1. The van der Waals surface area contributed by atoms with Crippen LogP contribution in [0, 0.1) is 34.5 Å². The lowest BCUT2D eigenvalue weighted by molar-refractivity contribution is -0.142. The van der Waals surface area contributed by atoms with Crippen LogP contribution in [0.3, 0.4) is 0 Å². The molecule has 34 heavy (non-hydrogen) atoms. The topological polar surface area (TPSA) is 43.4 Å². The molecule has 200 valence electrons. The van der Waals surface area contributed by atoms with Gasteiger partial charge in [0.05, 0.1) is 6.61 Å². The highest BCUT2D eigenvalue weighted by Gasteiger charge is 2.52. The molecule has 0 spiro atoms. The molecule has 0 radical (unpaired) electrons. The fourth-order valence-electron chi connectivity index (χ4n) is 6.35. The number of hydrogen-bond acceptors (Lipinski definition) is 3. The molecule has 6 unspecified atom stereocenters. The van der Waals surface area contributed by atoms with Crippen LogP contribution in [0.5, 0.6) is 0 Å². The van der Waals surface area contributed by atoms with Crippen molar-refractivity contribution in [1.82, 2.24) is 0 Å². The zero-order valence-electron chi connectivity index (χ0n) is 24.3. The van der Waals surface area contributed by atoms with E-state index in [1.54, 1.807) is 13.8 Å². The monoisotopic (exact) mass is 478 g/mol. The number of rotatable bonds is 9. The normalized spacial score (nSPS) is 28.6. The minimum Gasteiger partial charge on any atom is -0.466 e. The number of carbonyl (C=O) groups is 2. The van der Waals surface area contributed by atoms with Gasteiger partial charge in [0, 0.05) is 18.3 Å². The summed E-state index contributed by atoms with van der Waals surface area (Å²) in [6.45, 7) is 24.2. The Bertz CT molecular complexity index is 597. The van der Waals surface area contributed by atoms with Gasteiger partial charge in [-0.05, 0) is 74.5 Å². The highest BCUT2D eigenvalue weighted by Crippen LogP contribution is 2.57. The highest BCUT2D eigenvalue weighted by atomic mass is 16.5. The van der Waals surface area contributed by atoms with Gasteiger partial charge in [-0.2, -0.15) is 0 Å². The zero-order chi connectivity index (χ0) is 26.4. The van der Waals surface area contributed by atoms with Crippen LogP contribution >= 0.6 is 0 Å². The maximum absolute atomic E-state index is 12.6. The van der Waals surface area contributed by atoms with E-state index in [0.717, 1.165) is 43.4 Å². The van der Waals surface area contributed by atoms with E-state index < -0.39 is 0 Å². The molecule has 0 saturated heterocycles. The first-order valence-corrected chi connectivity index (χ1v) is 14.4. The molecule has 3 heteroatoms. The summed E-state index contributed by atoms with van der Waals surface area (Å²) < 4.78 is 4.55. The number of ether oxygens (including phenoxy) is 1. The average Bonchev–Trinajstić information content (AvgIpc) is 3.02. The van der Waals surface area contributed by atoms with E-state index in [4.69, 9.17) is 0 Å². The standard InChI is InChI=1S/C23H40O.C5H10O2.C3H8/c1-7-10-14-22(5,17(4)8-2)19-13-15-23(6)20(11-12-21(23)24)18(9-3)16-19;1-3-5(6)7-4-2;1-3-2/h7,17-20H,1,8-16H2,2-6H3;3-4H2,1-2H3;3H2,1-2H3. The molecule has 2 fully saturated rings. The van der Waals surface area contributed by atoms with Crippen molar-refractivity contribution in [1.29, 1.82) is 0 Å². The summed E-state index contributed by atoms with van der Waals surface area (Å²) >= 11 is 0. The Kier molecular flexibility index (Phi) is 16.0. The van der Waals surface area contributed by atoms with Crippen molar-refractivity contribution in [3.8, 4) is 0 Å². The smallest absolute Gasteiger partial charge is 0.305 e. The number of ketones is 1. The number of carbonyl (C=O) groups excluding carboxylic acids is 2. The maximum atomic E-state index is 12.6. The van der Waals surface area contributed by atoms with Gasteiger partial charge < -0.3 is 4.74 Å². The molecule has 2 rings (SSSR count). The van der Waals surface area contributed by atoms with Gasteiger partial charge in [-0.3, -0.25) is 9.59 Å². The van der Waals surface area contributed by atoms with Gasteiger partial charge in [0.15, 0.2) is 0 Å². The Morgan fingerprint density at radius 1 is 1.21 bits per heavy atom. The molecule has 0 aromatic rings. The van der Waals surface area contributed by atoms with Crippen molar-refractivity contribution in [3.63, 3.8) is 0 Å². The summed E-state index contributed by atoms with van der Waals surface area (Å²) in [6, 6.07) is 0. The van der Waals surface area contributed by atoms with E-state index in [2.05, 4.69) is 65.9 Å². The second-order valence-corrected chi connectivity index (χ2v) is 11.1. The molecule has 0 amide bonds. The maximum Gasteiger partial charge on any atom is 0.305 e. The SMILES string of the molecule is C=CCCC(C)(C(C)CC)C1CCC2(C)C(=O)CCC2C(CC)C1.CCC.CCOC(=O)CC. The third-order valence-corrected chi connectivity index (χ3v) is 8.98. The Balaban J connectivity index is 0.000000920. The third kappa shape index (κ3) is 8.83. The van der Waals surface area contributed by atoms with Gasteiger partial charge in [-0.25, -0.2) is 0 Å². The molecule has 0 aliphatic heterocycles. The second kappa shape index (κ2) is 16.5. The van der Waals surface area contributed by atoms with Crippen LogP contribution in [0.1, 0.15) is 133 Å². The van der Waals surface area contributed by atoms with Gasteiger partial charge in [-0.15, -0.1) is 6.58 Å². The van der Waals surface area contributed by atoms with Crippen molar-refractivity contribution >= 4 is 11.8 Å². The van der Waals surface area contributed by atoms with Gasteiger partial charge in [-0.1, -0.05) is 80.7 Å². The summed E-state index contributed by atoms with van der Waals surface area (Å²) in [5, 5.41) is 0. The first-order chi connectivity index (χ1) is 16.1. The summed E-state index contributed by atoms with van der Waals surface area (Å²) in [5.74, 6) is 3.31. The fourth-order valence-corrected chi connectivity index (χ4v) is 6.35. The fraction of sp³-hybridized carbons (Fsp3) is 0.871. The lowest BCUT2D eigenvalue weighted by atomic mass is 9.61. The van der Waals surface area contributed by atoms with Crippen molar-refractivity contribution in [2.75, 3.05) is 6.61 Å². The summed E-state index contributed by atoms with van der Waals surface area (Å²) in [4.78, 5) is 22.8. The largest absolute Gasteiger partial charge is 0.466 e. The first kappa shape index (κ1) is 32.9. The predicted molar refractivity (Wildman–Crippen MR) is 147 cm³/mol. The van der Waals surface area contributed by atoms with E-state index in [9.17, 15) is 9.59 Å². The number of hydrogen-bond donors (Lipinski definition) is 0. The third-order valence-electron chi connectivity index (χ3n) is 8.98. The molecular formula is C31H58O3. The quantitative estimate of drug-likeness (QED) is 0.245. The minimum absolute atomic E-state index is 0.0236. The molecule has 3 nitrogen and oxygen atoms in total. The van der Waals surface area contributed by atoms with E-state index >= 15 is 0 Å². The van der Waals surface area contributed by atoms with Crippen molar-refractivity contribution in [2.24, 2.45) is 34.5 Å². The van der Waals surface area contributed by atoms with Gasteiger partial charge in [0.25, 0.3) is 0 Å². The van der Waals surface area contributed by atoms with Crippen molar-refractivity contribution in [2.45, 2.75) is 133 Å². The summed E-state index contributed by atoms with van der Waals surface area (Å²) in [6.07, 6.45) is 14.4. The molecule has 0 heterocycles. The van der Waals surface area contributed by atoms with Crippen molar-refractivity contribution in [3.05, 3.63) is 12.7 Å². The molecular weight excluding hydrogens is 420 g/mol. The summed E-state index contributed by atoms with van der Waals surface area (Å²) in [7, 11) is 0. The highest BCUT2D eigenvalue weighted by molar-refractivity contribution is 5.87. The predicted octanol–water partition coefficient (Wildman–Crippen LogP) is 9.19. The average molecular weight is 479 g/mol. The Hall–Kier alpha value is -1.12. The number of esters is 1. The number of fused-ring (bicyclic) bond motifs is 1. The van der Waals surface area contributed by atoms with Crippen LogP contribution in [-0.4, -0.2) is 18.4 Å². The van der Waals surface area contributed by atoms with Crippen LogP contribution in [-0.2, 0) is 14.3 Å². The Morgan fingerprint density at radius 3 is 2.26 bits per heavy atom. The Labute approximate surface area is 212 Å².